The lowest BCUT2D eigenvalue weighted by Gasteiger charge is -2.05. The maximum Gasteiger partial charge on any atom is 0.204 e. The van der Waals surface area contributed by atoms with Gasteiger partial charge in [0.15, 0.2) is 5.15 Å². The molecule has 78 valence electrons. The number of hydrogen-bond acceptors (Lipinski definition) is 2. The van der Waals surface area contributed by atoms with E-state index in [1.54, 1.807) is 4.57 Å². The van der Waals surface area contributed by atoms with Crippen molar-refractivity contribution in [3.05, 3.63) is 27.2 Å². The number of aromatic nitrogens is 2. The minimum Gasteiger partial charge on any atom is -0.319 e. The molecular weight excluding hydrogens is 289 g/mol. The van der Waals surface area contributed by atoms with Gasteiger partial charge in [0.25, 0.3) is 0 Å². The van der Waals surface area contributed by atoms with E-state index in [0.29, 0.717) is 23.5 Å². The van der Waals surface area contributed by atoms with Crippen molar-refractivity contribution in [3.8, 4) is 0 Å². The number of hydrogen-bond donors (Lipinski definition) is 1. The van der Waals surface area contributed by atoms with Gasteiger partial charge in [-0.25, -0.2) is 4.98 Å². The molecule has 14 heavy (non-hydrogen) atoms. The maximum absolute atomic E-state index is 5.88. The van der Waals surface area contributed by atoms with Crippen LogP contribution in [0.15, 0.2) is 11.1 Å². The van der Waals surface area contributed by atoms with Crippen molar-refractivity contribution < 1.29 is 0 Å². The zero-order valence-electron chi connectivity index (χ0n) is 7.65. The van der Waals surface area contributed by atoms with Crippen LogP contribution in [0.3, 0.4) is 0 Å². The Morgan fingerprint density at radius 3 is 2.71 bits per heavy atom. The Kier molecular flexibility index (Phi) is 4.44. The van der Waals surface area contributed by atoms with Crippen LogP contribution in [0.1, 0.15) is 5.69 Å². The van der Waals surface area contributed by atoms with Crippen LogP contribution in [-0.4, -0.2) is 16.1 Å². The highest BCUT2D eigenvalue weighted by molar-refractivity contribution is 9.11. The van der Waals surface area contributed by atoms with Gasteiger partial charge in [0.1, 0.15) is 0 Å². The molecule has 1 N–H and O–H groups in total. The van der Waals surface area contributed by atoms with E-state index in [0.717, 1.165) is 10.2 Å². The fourth-order valence-electron chi connectivity index (χ4n) is 0.978. The molecule has 1 heterocycles. The van der Waals surface area contributed by atoms with Gasteiger partial charge in [-0.1, -0.05) is 34.1 Å². The van der Waals surface area contributed by atoms with Crippen LogP contribution in [0.4, 0.5) is 0 Å². The predicted molar refractivity (Wildman–Crippen MR) is 63.0 cm³/mol. The van der Waals surface area contributed by atoms with Gasteiger partial charge in [0, 0.05) is 24.6 Å². The van der Waals surface area contributed by atoms with Crippen molar-refractivity contribution in [2.24, 2.45) is 7.05 Å². The average molecular weight is 299 g/mol. The lowest BCUT2D eigenvalue weighted by atomic mass is 10.4. The van der Waals surface area contributed by atoms with E-state index in [1.807, 2.05) is 7.05 Å². The zero-order chi connectivity index (χ0) is 10.7. The molecule has 0 saturated heterocycles. The SMILES string of the molecule is C=C(Br)CNCc1c(Cl)nc(Cl)n1C. The van der Waals surface area contributed by atoms with Gasteiger partial charge in [-0.15, -0.1) is 0 Å². The fourth-order valence-corrected chi connectivity index (χ4v) is 1.68. The second-order valence-corrected chi connectivity index (χ2v) is 4.62. The summed E-state index contributed by atoms with van der Waals surface area (Å²) >= 11 is 14.9. The standard InChI is InChI=1S/C8H10BrCl2N3/c1-5(9)3-12-4-6-7(10)13-8(11)14(6)2/h12H,1,3-4H2,2H3. The Morgan fingerprint density at radius 2 is 2.29 bits per heavy atom. The minimum atomic E-state index is 0.393. The van der Waals surface area contributed by atoms with E-state index < -0.39 is 0 Å². The van der Waals surface area contributed by atoms with E-state index in [2.05, 4.69) is 32.8 Å². The van der Waals surface area contributed by atoms with Crippen LogP contribution in [-0.2, 0) is 13.6 Å². The number of halogens is 3. The molecular formula is C8H10BrCl2N3. The molecule has 3 nitrogen and oxygen atoms in total. The highest BCUT2D eigenvalue weighted by atomic mass is 79.9. The zero-order valence-corrected chi connectivity index (χ0v) is 10.7. The highest BCUT2D eigenvalue weighted by Crippen LogP contribution is 2.19. The monoisotopic (exact) mass is 297 g/mol. The topological polar surface area (TPSA) is 29.9 Å². The predicted octanol–water partition coefficient (Wildman–Crippen LogP) is 2.73. The Bertz CT molecular complexity index is 349. The number of nitrogens with one attached hydrogen (secondary N) is 1. The fraction of sp³-hybridized carbons (Fsp3) is 0.375. The normalized spacial score (nSPS) is 10.6. The van der Waals surface area contributed by atoms with Crippen LogP contribution in [0.5, 0.6) is 0 Å². The van der Waals surface area contributed by atoms with Gasteiger partial charge < -0.3 is 9.88 Å². The summed E-state index contributed by atoms with van der Waals surface area (Å²) in [5.41, 5.74) is 0.866. The second-order valence-electron chi connectivity index (χ2n) is 2.80. The lowest BCUT2D eigenvalue weighted by Crippen LogP contribution is -2.16. The van der Waals surface area contributed by atoms with E-state index in [4.69, 9.17) is 23.2 Å². The number of nitrogens with zero attached hydrogens (tertiary/aromatic N) is 2. The van der Waals surface area contributed by atoms with Crippen molar-refractivity contribution in [1.82, 2.24) is 14.9 Å². The molecule has 0 aliphatic rings. The second kappa shape index (κ2) is 5.16. The summed E-state index contributed by atoms with van der Waals surface area (Å²) < 4.78 is 2.63. The summed E-state index contributed by atoms with van der Waals surface area (Å²) in [6.45, 7) is 5.00. The number of imidazole rings is 1. The summed E-state index contributed by atoms with van der Waals surface area (Å²) in [6, 6.07) is 0. The minimum absolute atomic E-state index is 0.393. The van der Waals surface area contributed by atoms with Crippen molar-refractivity contribution in [1.29, 1.82) is 0 Å². The molecule has 6 heteroatoms. The Hall–Kier alpha value is -0.0300. The molecule has 0 spiro atoms. The van der Waals surface area contributed by atoms with E-state index in [1.165, 1.54) is 0 Å². The summed E-state index contributed by atoms with van der Waals surface area (Å²) in [5.74, 6) is 0. The summed E-state index contributed by atoms with van der Waals surface area (Å²) in [5, 5.41) is 3.97. The van der Waals surface area contributed by atoms with Crippen LogP contribution in [0.2, 0.25) is 10.4 Å². The van der Waals surface area contributed by atoms with Gasteiger partial charge in [0.2, 0.25) is 5.28 Å². The molecule has 0 aromatic carbocycles. The third-order valence-electron chi connectivity index (χ3n) is 1.72. The van der Waals surface area contributed by atoms with E-state index in [-0.39, 0.29) is 0 Å². The average Bonchev–Trinajstić information content (AvgIpc) is 2.31. The van der Waals surface area contributed by atoms with Crippen molar-refractivity contribution in [2.75, 3.05) is 6.54 Å². The molecule has 0 radical (unpaired) electrons. The molecule has 1 aromatic rings. The Balaban J connectivity index is 2.62. The van der Waals surface area contributed by atoms with Crippen LogP contribution in [0, 0.1) is 0 Å². The molecule has 0 saturated carbocycles. The van der Waals surface area contributed by atoms with Crippen LogP contribution < -0.4 is 5.32 Å². The van der Waals surface area contributed by atoms with E-state index in [9.17, 15) is 0 Å². The molecule has 0 bridgehead atoms. The van der Waals surface area contributed by atoms with Gasteiger partial charge in [-0.3, -0.25) is 0 Å². The largest absolute Gasteiger partial charge is 0.319 e. The van der Waals surface area contributed by atoms with Crippen molar-refractivity contribution >= 4 is 39.1 Å². The third-order valence-corrected chi connectivity index (χ3v) is 2.64. The quantitative estimate of drug-likeness (QED) is 0.926. The van der Waals surface area contributed by atoms with Gasteiger partial charge in [-0.2, -0.15) is 0 Å². The molecule has 0 atom stereocenters. The summed E-state index contributed by atoms with van der Waals surface area (Å²) in [4.78, 5) is 3.93. The van der Waals surface area contributed by atoms with Crippen LogP contribution in [0.25, 0.3) is 0 Å². The third kappa shape index (κ3) is 2.98. The number of rotatable bonds is 4. The van der Waals surface area contributed by atoms with E-state index >= 15 is 0 Å². The molecule has 1 aromatic heterocycles. The first-order chi connectivity index (χ1) is 6.52. The smallest absolute Gasteiger partial charge is 0.204 e. The Labute approximate surface area is 101 Å². The first kappa shape index (κ1) is 12.0. The Morgan fingerprint density at radius 1 is 1.64 bits per heavy atom. The van der Waals surface area contributed by atoms with Gasteiger partial charge in [0.05, 0.1) is 5.69 Å². The molecule has 0 amide bonds. The van der Waals surface area contributed by atoms with Crippen molar-refractivity contribution in [3.63, 3.8) is 0 Å². The molecule has 0 aliphatic heterocycles. The first-order valence-corrected chi connectivity index (χ1v) is 5.48. The molecule has 1 rings (SSSR count). The summed E-state index contributed by atoms with van der Waals surface area (Å²) in [7, 11) is 1.82. The lowest BCUT2D eigenvalue weighted by molar-refractivity contribution is 0.700. The first-order valence-electron chi connectivity index (χ1n) is 3.93. The molecule has 0 fully saturated rings. The van der Waals surface area contributed by atoms with Crippen LogP contribution >= 0.6 is 39.1 Å². The summed E-state index contributed by atoms with van der Waals surface area (Å²) in [6.07, 6.45) is 0. The maximum atomic E-state index is 5.88. The molecule has 0 aliphatic carbocycles. The van der Waals surface area contributed by atoms with Gasteiger partial charge >= 0.3 is 0 Å². The van der Waals surface area contributed by atoms with Gasteiger partial charge in [-0.05, 0) is 11.6 Å². The highest BCUT2D eigenvalue weighted by Gasteiger charge is 2.10. The van der Waals surface area contributed by atoms with Crippen molar-refractivity contribution in [2.45, 2.75) is 6.54 Å². The molecule has 0 unspecified atom stereocenters.